The highest BCUT2D eigenvalue weighted by atomic mass is 16.5. The molecule has 1 aliphatic heterocycles. The maximum atomic E-state index is 12.9. The highest BCUT2D eigenvalue weighted by Crippen LogP contribution is 2.28. The van der Waals surface area contributed by atoms with Gasteiger partial charge in [-0.05, 0) is 42.7 Å². The summed E-state index contributed by atoms with van der Waals surface area (Å²) in [5.41, 5.74) is 2.55. The molecule has 3 aromatic rings. The van der Waals surface area contributed by atoms with Crippen molar-refractivity contribution in [2.45, 2.75) is 25.4 Å². The molecule has 0 radical (unpaired) electrons. The Bertz CT molecular complexity index is 924. The maximum absolute atomic E-state index is 12.9. The number of methoxy groups -OCH3 is 1. The first-order chi connectivity index (χ1) is 13.7. The Labute approximate surface area is 163 Å². The predicted octanol–water partition coefficient (Wildman–Crippen LogP) is 3.30. The van der Waals surface area contributed by atoms with Crippen LogP contribution in [0.15, 0.2) is 53.3 Å². The van der Waals surface area contributed by atoms with Gasteiger partial charge in [-0.3, -0.25) is 9.78 Å². The van der Waals surface area contributed by atoms with Crippen LogP contribution in [0.4, 0.5) is 0 Å². The van der Waals surface area contributed by atoms with Crippen molar-refractivity contribution in [1.29, 1.82) is 0 Å². The van der Waals surface area contributed by atoms with Crippen LogP contribution in [-0.4, -0.2) is 46.1 Å². The van der Waals surface area contributed by atoms with Gasteiger partial charge in [0.05, 0.1) is 12.5 Å². The van der Waals surface area contributed by atoms with E-state index in [4.69, 9.17) is 9.26 Å². The van der Waals surface area contributed by atoms with Crippen LogP contribution in [0.5, 0.6) is 0 Å². The van der Waals surface area contributed by atoms with E-state index in [9.17, 15) is 4.79 Å². The molecule has 1 aliphatic rings. The van der Waals surface area contributed by atoms with Gasteiger partial charge in [-0.25, -0.2) is 0 Å². The molecule has 7 heteroatoms. The van der Waals surface area contributed by atoms with Crippen molar-refractivity contribution >= 4 is 5.91 Å². The molecule has 0 spiro atoms. The van der Waals surface area contributed by atoms with Gasteiger partial charge in [0, 0.05) is 43.7 Å². The molecule has 1 fully saturated rings. The van der Waals surface area contributed by atoms with E-state index < -0.39 is 0 Å². The summed E-state index contributed by atoms with van der Waals surface area (Å²) in [6.07, 6.45) is 5.24. The number of nitrogens with zero attached hydrogens (tertiary/aromatic N) is 4. The van der Waals surface area contributed by atoms with Gasteiger partial charge in [0.15, 0.2) is 0 Å². The molecule has 3 heterocycles. The smallest absolute Gasteiger partial charge is 0.253 e. The van der Waals surface area contributed by atoms with E-state index in [1.165, 1.54) is 0 Å². The molecule has 7 nitrogen and oxygen atoms in total. The third-order valence-corrected chi connectivity index (χ3v) is 4.93. The van der Waals surface area contributed by atoms with Gasteiger partial charge in [0.1, 0.15) is 0 Å². The number of carbonyl (C=O) groups is 1. The second-order valence-electron chi connectivity index (χ2n) is 6.92. The predicted molar refractivity (Wildman–Crippen MR) is 103 cm³/mol. The first-order valence-electron chi connectivity index (χ1n) is 9.36. The van der Waals surface area contributed by atoms with Crippen LogP contribution >= 0.6 is 0 Å². The summed E-state index contributed by atoms with van der Waals surface area (Å²) in [6.45, 7) is 1.85. The lowest BCUT2D eigenvalue weighted by atomic mass is 9.97. The minimum absolute atomic E-state index is 0.0284. The molecule has 28 heavy (non-hydrogen) atoms. The van der Waals surface area contributed by atoms with Gasteiger partial charge < -0.3 is 14.2 Å². The molecule has 1 aromatic carbocycles. The number of carbonyl (C=O) groups excluding carboxylic acids is 1. The topological polar surface area (TPSA) is 81.4 Å². The molecule has 144 valence electrons. The van der Waals surface area contributed by atoms with Crippen LogP contribution in [0.2, 0.25) is 0 Å². The highest BCUT2D eigenvalue weighted by Gasteiger charge is 2.29. The molecular formula is C21H22N4O3. The van der Waals surface area contributed by atoms with Crippen LogP contribution in [0, 0.1) is 0 Å². The molecule has 0 aliphatic carbocycles. The number of piperidine rings is 1. The highest BCUT2D eigenvalue weighted by molar-refractivity contribution is 5.94. The fraction of sp³-hybridized carbons (Fsp3) is 0.333. The molecule has 0 bridgehead atoms. The Morgan fingerprint density at radius 2 is 2.14 bits per heavy atom. The summed E-state index contributed by atoms with van der Waals surface area (Å²) in [4.78, 5) is 23.4. The first kappa shape index (κ1) is 18.3. The van der Waals surface area contributed by atoms with E-state index in [2.05, 4.69) is 15.1 Å². The molecule has 1 amide bonds. The van der Waals surface area contributed by atoms with E-state index >= 15 is 0 Å². The largest absolute Gasteiger partial charge is 0.380 e. The van der Waals surface area contributed by atoms with Gasteiger partial charge in [-0.2, -0.15) is 4.98 Å². The Kier molecular flexibility index (Phi) is 5.43. The zero-order chi connectivity index (χ0) is 19.3. The number of amides is 1. The van der Waals surface area contributed by atoms with Gasteiger partial charge in [0.2, 0.25) is 11.7 Å². The van der Waals surface area contributed by atoms with Crippen molar-refractivity contribution in [3.05, 3.63) is 65.8 Å². The summed E-state index contributed by atoms with van der Waals surface area (Å²) in [5, 5.41) is 4.08. The summed E-state index contributed by atoms with van der Waals surface area (Å²) < 4.78 is 10.6. The second kappa shape index (κ2) is 8.31. The van der Waals surface area contributed by atoms with Crippen LogP contribution < -0.4 is 0 Å². The van der Waals surface area contributed by atoms with E-state index in [0.717, 1.165) is 30.5 Å². The monoisotopic (exact) mass is 378 g/mol. The number of likely N-dealkylation sites (tertiary alicyclic amines) is 1. The van der Waals surface area contributed by atoms with Crippen LogP contribution in [0.3, 0.4) is 0 Å². The SMILES string of the molecule is COCc1ccc(C(=O)N2CCCC(c3nc(-c4cccnc4)no3)C2)cc1. The minimum atomic E-state index is 0.0284. The summed E-state index contributed by atoms with van der Waals surface area (Å²) >= 11 is 0. The van der Waals surface area contributed by atoms with E-state index in [1.54, 1.807) is 19.5 Å². The van der Waals surface area contributed by atoms with Gasteiger partial charge in [0.25, 0.3) is 5.91 Å². The normalized spacial score (nSPS) is 16.9. The number of ether oxygens (including phenoxy) is 1. The standard InChI is InChI=1S/C21H22N4O3/c1-27-14-15-6-8-16(9-7-15)21(26)25-11-3-5-18(13-25)20-23-19(24-28-20)17-4-2-10-22-12-17/h2,4,6-10,12,18H,3,5,11,13-14H2,1H3. The number of hydrogen-bond donors (Lipinski definition) is 0. The number of pyridine rings is 1. The molecule has 1 unspecified atom stereocenters. The zero-order valence-electron chi connectivity index (χ0n) is 15.7. The fourth-order valence-electron chi connectivity index (χ4n) is 3.47. The zero-order valence-corrected chi connectivity index (χ0v) is 15.7. The lowest BCUT2D eigenvalue weighted by Crippen LogP contribution is -2.39. The molecule has 4 rings (SSSR count). The quantitative estimate of drug-likeness (QED) is 0.678. The van der Waals surface area contributed by atoms with E-state index in [0.29, 0.717) is 30.4 Å². The number of benzene rings is 1. The number of aromatic nitrogens is 3. The molecule has 0 saturated carbocycles. The number of rotatable bonds is 5. The fourth-order valence-corrected chi connectivity index (χ4v) is 3.47. The van der Waals surface area contributed by atoms with Crippen molar-refractivity contribution in [2.24, 2.45) is 0 Å². The molecule has 1 atom stereocenters. The molecule has 1 saturated heterocycles. The second-order valence-corrected chi connectivity index (χ2v) is 6.92. The Hall–Kier alpha value is -3.06. The Morgan fingerprint density at radius 1 is 1.29 bits per heavy atom. The molecule has 0 N–H and O–H groups in total. The number of hydrogen-bond acceptors (Lipinski definition) is 6. The van der Waals surface area contributed by atoms with Gasteiger partial charge >= 0.3 is 0 Å². The Balaban J connectivity index is 1.45. The van der Waals surface area contributed by atoms with Gasteiger partial charge in [-0.15, -0.1) is 0 Å². The van der Waals surface area contributed by atoms with E-state index in [1.807, 2.05) is 41.3 Å². The van der Waals surface area contributed by atoms with Crippen LogP contribution in [0.25, 0.3) is 11.4 Å². The average Bonchev–Trinajstić information content (AvgIpc) is 3.25. The Morgan fingerprint density at radius 3 is 2.89 bits per heavy atom. The van der Waals surface area contributed by atoms with Crippen molar-refractivity contribution in [1.82, 2.24) is 20.0 Å². The van der Waals surface area contributed by atoms with Crippen molar-refractivity contribution < 1.29 is 14.1 Å². The van der Waals surface area contributed by atoms with Crippen LogP contribution in [0.1, 0.15) is 40.6 Å². The van der Waals surface area contributed by atoms with Crippen molar-refractivity contribution in [3.63, 3.8) is 0 Å². The maximum Gasteiger partial charge on any atom is 0.253 e. The first-order valence-corrected chi connectivity index (χ1v) is 9.36. The third kappa shape index (κ3) is 3.94. The minimum Gasteiger partial charge on any atom is -0.380 e. The summed E-state index contributed by atoms with van der Waals surface area (Å²) in [6, 6.07) is 11.3. The van der Waals surface area contributed by atoms with Crippen LogP contribution in [-0.2, 0) is 11.3 Å². The molecular weight excluding hydrogens is 356 g/mol. The summed E-state index contributed by atoms with van der Waals surface area (Å²) in [5.74, 6) is 1.18. The van der Waals surface area contributed by atoms with Crippen molar-refractivity contribution in [2.75, 3.05) is 20.2 Å². The average molecular weight is 378 g/mol. The van der Waals surface area contributed by atoms with E-state index in [-0.39, 0.29) is 11.8 Å². The van der Waals surface area contributed by atoms with Gasteiger partial charge in [-0.1, -0.05) is 17.3 Å². The van der Waals surface area contributed by atoms with Crippen molar-refractivity contribution in [3.8, 4) is 11.4 Å². The summed E-state index contributed by atoms with van der Waals surface area (Å²) in [7, 11) is 1.66. The molecule has 2 aromatic heterocycles. The lowest BCUT2D eigenvalue weighted by molar-refractivity contribution is 0.0695. The lowest BCUT2D eigenvalue weighted by Gasteiger charge is -2.31. The third-order valence-electron chi connectivity index (χ3n) is 4.93.